The summed E-state index contributed by atoms with van der Waals surface area (Å²) in [5.41, 5.74) is 6.16. The third kappa shape index (κ3) is 6.29. The number of carbonyl (C=O) groups excluding carboxylic acids is 1. The van der Waals surface area contributed by atoms with Crippen LogP contribution in [0, 0.1) is 0 Å². The number of benzene rings is 2. The van der Waals surface area contributed by atoms with Crippen molar-refractivity contribution in [2.75, 3.05) is 19.7 Å². The van der Waals surface area contributed by atoms with Crippen molar-refractivity contribution in [1.82, 2.24) is 15.4 Å². The van der Waals surface area contributed by atoms with Gasteiger partial charge in [-0.2, -0.15) is 0 Å². The topological polar surface area (TPSA) is 88.6 Å². The zero-order valence-electron chi connectivity index (χ0n) is 17.1. The molecule has 0 fully saturated rings. The molecular weight excluding hydrogens is 378 g/mol. The fourth-order valence-corrected chi connectivity index (χ4v) is 3.54. The standard InChI is InChI=1S/C24H29N3O3/c28-16-4-3-14-27(15-13-21-17-25-23-6-2-1-5-22(21)23)18-20-9-7-19(8-10-20)11-12-24(29)26-30/h1-2,5-12,17,25,28,30H,3-4,13-16,18H2,(H,26,29). The van der Waals surface area contributed by atoms with E-state index in [0.717, 1.165) is 50.0 Å². The number of hydrogen-bond acceptors (Lipinski definition) is 4. The van der Waals surface area contributed by atoms with E-state index in [0.29, 0.717) is 0 Å². The van der Waals surface area contributed by atoms with Crippen LogP contribution in [0.3, 0.4) is 0 Å². The number of fused-ring (bicyclic) bond motifs is 1. The third-order valence-electron chi connectivity index (χ3n) is 5.18. The van der Waals surface area contributed by atoms with Crippen LogP contribution >= 0.6 is 0 Å². The van der Waals surface area contributed by atoms with Gasteiger partial charge in [0.05, 0.1) is 0 Å². The summed E-state index contributed by atoms with van der Waals surface area (Å²) in [6.45, 7) is 2.92. The van der Waals surface area contributed by atoms with Crippen molar-refractivity contribution in [3.05, 3.63) is 77.5 Å². The molecule has 1 amide bonds. The number of aromatic nitrogens is 1. The second-order valence-electron chi connectivity index (χ2n) is 7.37. The molecule has 0 aliphatic heterocycles. The molecule has 0 unspecified atom stereocenters. The molecule has 6 nitrogen and oxygen atoms in total. The number of aliphatic hydroxyl groups is 1. The van der Waals surface area contributed by atoms with E-state index in [1.165, 1.54) is 22.6 Å². The van der Waals surface area contributed by atoms with Crippen LogP contribution in [0.15, 0.2) is 60.8 Å². The molecule has 0 aliphatic rings. The van der Waals surface area contributed by atoms with Gasteiger partial charge in [0.2, 0.25) is 0 Å². The van der Waals surface area contributed by atoms with Crippen LogP contribution in [0.5, 0.6) is 0 Å². The molecule has 0 saturated heterocycles. The Hall–Kier alpha value is -2.93. The molecule has 3 rings (SSSR count). The van der Waals surface area contributed by atoms with E-state index in [1.807, 2.05) is 18.2 Å². The number of nitrogens with one attached hydrogen (secondary N) is 2. The lowest BCUT2D eigenvalue weighted by Crippen LogP contribution is -2.27. The minimum atomic E-state index is -0.550. The number of para-hydroxylation sites is 1. The lowest BCUT2D eigenvalue weighted by molar-refractivity contribution is -0.124. The number of amides is 1. The molecule has 4 N–H and O–H groups in total. The van der Waals surface area contributed by atoms with E-state index in [2.05, 4.69) is 46.4 Å². The zero-order chi connectivity index (χ0) is 21.2. The van der Waals surface area contributed by atoms with E-state index in [1.54, 1.807) is 11.6 Å². The third-order valence-corrected chi connectivity index (χ3v) is 5.18. The Labute approximate surface area is 176 Å². The van der Waals surface area contributed by atoms with E-state index in [4.69, 9.17) is 10.3 Å². The quantitative estimate of drug-likeness (QED) is 0.170. The lowest BCUT2D eigenvalue weighted by atomic mass is 10.1. The summed E-state index contributed by atoms with van der Waals surface area (Å²) in [5.74, 6) is -0.550. The van der Waals surface area contributed by atoms with Gasteiger partial charge >= 0.3 is 0 Å². The second-order valence-corrected chi connectivity index (χ2v) is 7.37. The molecule has 0 aliphatic carbocycles. The van der Waals surface area contributed by atoms with E-state index >= 15 is 0 Å². The SMILES string of the molecule is O=C(C=Cc1ccc(CN(CCCCO)CCc2c[nH]c3ccccc23)cc1)NO. The maximum atomic E-state index is 11.1. The van der Waals surface area contributed by atoms with Crippen molar-refractivity contribution < 1.29 is 15.1 Å². The first-order chi connectivity index (χ1) is 14.7. The Kier molecular flexibility index (Phi) is 8.20. The number of rotatable bonds is 11. The van der Waals surface area contributed by atoms with Crippen LogP contribution in [-0.2, 0) is 17.8 Å². The van der Waals surface area contributed by atoms with Crippen molar-refractivity contribution in [1.29, 1.82) is 0 Å². The lowest BCUT2D eigenvalue weighted by Gasteiger charge is -2.22. The van der Waals surface area contributed by atoms with Gasteiger partial charge in [0.1, 0.15) is 0 Å². The Morgan fingerprint density at radius 3 is 2.63 bits per heavy atom. The average Bonchev–Trinajstić information content (AvgIpc) is 3.20. The summed E-state index contributed by atoms with van der Waals surface area (Å²) in [6.07, 6.45) is 7.77. The molecule has 0 radical (unpaired) electrons. The molecule has 0 atom stereocenters. The highest BCUT2D eigenvalue weighted by molar-refractivity contribution is 5.90. The Bertz CT molecular complexity index is 963. The average molecular weight is 408 g/mol. The van der Waals surface area contributed by atoms with Gasteiger partial charge in [0.15, 0.2) is 0 Å². The molecule has 0 saturated carbocycles. The summed E-state index contributed by atoms with van der Waals surface area (Å²) >= 11 is 0. The monoisotopic (exact) mass is 407 g/mol. The number of carbonyl (C=O) groups is 1. The number of nitrogens with zero attached hydrogens (tertiary/aromatic N) is 1. The largest absolute Gasteiger partial charge is 0.396 e. The van der Waals surface area contributed by atoms with Gasteiger partial charge in [0, 0.05) is 42.9 Å². The molecular formula is C24H29N3O3. The van der Waals surface area contributed by atoms with Gasteiger partial charge in [-0.05, 0) is 54.6 Å². The second kappa shape index (κ2) is 11.3. The molecule has 3 aromatic rings. The van der Waals surface area contributed by atoms with Crippen molar-refractivity contribution in [2.24, 2.45) is 0 Å². The minimum Gasteiger partial charge on any atom is -0.396 e. The summed E-state index contributed by atoms with van der Waals surface area (Å²) < 4.78 is 0. The van der Waals surface area contributed by atoms with Crippen molar-refractivity contribution in [3.63, 3.8) is 0 Å². The Balaban J connectivity index is 1.63. The van der Waals surface area contributed by atoms with Crippen LogP contribution in [0.4, 0.5) is 0 Å². The first-order valence-corrected chi connectivity index (χ1v) is 10.3. The maximum Gasteiger partial charge on any atom is 0.267 e. The first-order valence-electron chi connectivity index (χ1n) is 10.3. The van der Waals surface area contributed by atoms with Crippen LogP contribution in [-0.4, -0.2) is 45.8 Å². The van der Waals surface area contributed by atoms with Crippen LogP contribution < -0.4 is 5.48 Å². The Morgan fingerprint density at radius 1 is 1.07 bits per heavy atom. The zero-order valence-corrected chi connectivity index (χ0v) is 17.1. The summed E-state index contributed by atoms with van der Waals surface area (Å²) in [5, 5.41) is 19.0. The van der Waals surface area contributed by atoms with Gasteiger partial charge in [-0.3, -0.25) is 14.9 Å². The summed E-state index contributed by atoms with van der Waals surface area (Å²) in [6, 6.07) is 16.4. The van der Waals surface area contributed by atoms with Crippen LogP contribution in [0.25, 0.3) is 17.0 Å². The van der Waals surface area contributed by atoms with Crippen LogP contribution in [0.2, 0.25) is 0 Å². The molecule has 158 valence electrons. The van der Waals surface area contributed by atoms with Crippen LogP contribution in [0.1, 0.15) is 29.5 Å². The molecule has 1 heterocycles. The van der Waals surface area contributed by atoms with Crippen molar-refractivity contribution in [2.45, 2.75) is 25.8 Å². The molecule has 30 heavy (non-hydrogen) atoms. The van der Waals surface area contributed by atoms with Crippen molar-refractivity contribution >= 4 is 22.9 Å². The number of unbranched alkanes of at least 4 members (excludes halogenated alkanes) is 1. The smallest absolute Gasteiger partial charge is 0.267 e. The summed E-state index contributed by atoms with van der Waals surface area (Å²) in [4.78, 5) is 16.9. The molecule has 0 bridgehead atoms. The predicted octanol–water partition coefficient (Wildman–Crippen LogP) is 3.50. The number of hydroxylamine groups is 1. The highest BCUT2D eigenvalue weighted by Gasteiger charge is 2.09. The molecule has 1 aromatic heterocycles. The maximum absolute atomic E-state index is 11.1. The highest BCUT2D eigenvalue weighted by Crippen LogP contribution is 2.19. The fourth-order valence-electron chi connectivity index (χ4n) is 3.54. The van der Waals surface area contributed by atoms with Gasteiger partial charge in [0.25, 0.3) is 5.91 Å². The number of aliphatic hydroxyl groups excluding tert-OH is 1. The van der Waals surface area contributed by atoms with Gasteiger partial charge in [-0.1, -0.05) is 42.5 Å². The van der Waals surface area contributed by atoms with E-state index in [9.17, 15) is 4.79 Å². The van der Waals surface area contributed by atoms with Gasteiger partial charge in [-0.15, -0.1) is 0 Å². The Morgan fingerprint density at radius 2 is 1.87 bits per heavy atom. The van der Waals surface area contributed by atoms with E-state index in [-0.39, 0.29) is 6.61 Å². The molecule has 6 heteroatoms. The number of hydrogen-bond donors (Lipinski definition) is 4. The van der Waals surface area contributed by atoms with E-state index < -0.39 is 5.91 Å². The summed E-state index contributed by atoms with van der Waals surface area (Å²) in [7, 11) is 0. The number of aromatic amines is 1. The highest BCUT2D eigenvalue weighted by atomic mass is 16.5. The molecule has 0 spiro atoms. The van der Waals surface area contributed by atoms with Gasteiger partial charge < -0.3 is 10.1 Å². The van der Waals surface area contributed by atoms with Gasteiger partial charge in [-0.25, -0.2) is 5.48 Å². The normalized spacial score (nSPS) is 11.6. The predicted molar refractivity (Wildman–Crippen MR) is 119 cm³/mol. The molecule has 2 aromatic carbocycles. The number of H-pyrrole nitrogens is 1. The fraction of sp³-hybridized carbons (Fsp3) is 0.292. The van der Waals surface area contributed by atoms with Crippen molar-refractivity contribution in [3.8, 4) is 0 Å². The minimum absolute atomic E-state index is 0.221. The first kappa shape index (κ1) is 21.8.